The molecule has 4 heteroatoms. The first-order valence-corrected chi connectivity index (χ1v) is 6.66. The number of rotatable bonds is 1. The summed E-state index contributed by atoms with van der Waals surface area (Å²) in [6.45, 7) is 5.46. The zero-order valence-electron chi connectivity index (χ0n) is 11.8. The fraction of sp³-hybridized carbons (Fsp3) is 0.533. The Kier molecular flexibility index (Phi) is 5.93. The monoisotopic (exact) mass is 268 g/mol. The molecule has 1 fully saturated rings. The number of nitrogens with two attached hydrogens (primary N) is 1. The molecule has 1 aliphatic carbocycles. The first-order valence-electron chi connectivity index (χ1n) is 6.66. The maximum Gasteiger partial charge on any atom is 0.152 e. The van der Waals surface area contributed by atoms with E-state index in [1.807, 2.05) is 0 Å². The van der Waals surface area contributed by atoms with Gasteiger partial charge in [0.05, 0.1) is 5.84 Å². The molecule has 0 aromatic heterocycles. The van der Waals surface area contributed by atoms with E-state index in [0.717, 1.165) is 12.0 Å². The lowest BCUT2D eigenvalue weighted by Gasteiger charge is -2.02. The van der Waals surface area contributed by atoms with E-state index in [0.29, 0.717) is 5.56 Å². The lowest BCUT2D eigenvalue weighted by atomic mass is 10.2. The molecule has 2 N–H and O–H groups in total. The van der Waals surface area contributed by atoms with Crippen molar-refractivity contribution in [3.05, 3.63) is 29.3 Å². The Hall–Kier alpha value is -1.45. The van der Waals surface area contributed by atoms with Crippen LogP contribution in [0.5, 0.6) is 0 Å². The largest absolute Gasteiger partial charge is 0.387 e. The van der Waals surface area contributed by atoms with Gasteiger partial charge in [0.2, 0.25) is 0 Å². The zero-order valence-corrected chi connectivity index (χ0v) is 11.8. The minimum atomic E-state index is -0.692. The molecule has 0 atom stereocenters. The van der Waals surface area contributed by atoms with Gasteiger partial charge >= 0.3 is 0 Å². The topological polar surface area (TPSA) is 38.4 Å². The summed E-state index contributed by atoms with van der Waals surface area (Å²) in [6.07, 6.45) is 5.95. The molecule has 0 aliphatic heterocycles. The third-order valence-electron chi connectivity index (χ3n) is 3.15. The van der Waals surface area contributed by atoms with Crippen LogP contribution < -0.4 is 5.73 Å². The third kappa shape index (κ3) is 5.37. The Balaban J connectivity index is 0.000000250. The van der Waals surface area contributed by atoms with Crippen molar-refractivity contribution in [2.24, 2.45) is 16.6 Å². The first-order chi connectivity index (χ1) is 8.90. The summed E-state index contributed by atoms with van der Waals surface area (Å²) in [5, 5.41) is 0. The van der Waals surface area contributed by atoms with Crippen molar-refractivity contribution in [2.75, 3.05) is 0 Å². The van der Waals surface area contributed by atoms with Crippen LogP contribution in [0, 0.1) is 24.5 Å². The second-order valence-electron chi connectivity index (χ2n) is 5.20. The summed E-state index contributed by atoms with van der Waals surface area (Å²) >= 11 is 0. The summed E-state index contributed by atoms with van der Waals surface area (Å²) in [6, 6.07) is 2.00. The molecule has 1 aromatic rings. The van der Waals surface area contributed by atoms with Crippen LogP contribution in [0.1, 0.15) is 45.1 Å². The lowest BCUT2D eigenvalue weighted by molar-refractivity contribution is 0.583. The highest BCUT2D eigenvalue weighted by molar-refractivity contribution is 5.81. The van der Waals surface area contributed by atoms with Gasteiger partial charge in [-0.3, -0.25) is 0 Å². The van der Waals surface area contributed by atoms with Crippen molar-refractivity contribution < 1.29 is 8.78 Å². The van der Waals surface area contributed by atoms with Crippen LogP contribution in [0.15, 0.2) is 17.1 Å². The van der Waals surface area contributed by atoms with E-state index >= 15 is 0 Å². The van der Waals surface area contributed by atoms with Crippen LogP contribution >= 0.6 is 0 Å². The van der Waals surface area contributed by atoms with Crippen molar-refractivity contribution in [2.45, 2.75) is 46.5 Å². The summed E-state index contributed by atoms with van der Waals surface area (Å²) in [5.74, 6) is -0.00969. The normalized spacial score (nSPS) is 16.2. The minimum absolute atomic E-state index is 0.0985. The maximum absolute atomic E-state index is 13.1. The second-order valence-corrected chi connectivity index (χ2v) is 5.20. The van der Waals surface area contributed by atoms with Gasteiger partial charge in [0.1, 0.15) is 11.5 Å². The number of benzene rings is 1. The van der Waals surface area contributed by atoms with Crippen molar-refractivity contribution >= 4 is 11.5 Å². The minimum Gasteiger partial charge on any atom is -0.387 e. The van der Waals surface area contributed by atoms with Crippen LogP contribution in [0.3, 0.4) is 0 Å². The lowest BCUT2D eigenvalue weighted by Crippen LogP contribution is -2.04. The predicted molar refractivity (Wildman–Crippen MR) is 75.7 cm³/mol. The van der Waals surface area contributed by atoms with E-state index in [4.69, 9.17) is 5.73 Å². The standard InChI is InChI=1S/C9H10F2N2.C6H12/c1-5-3-7(10)4-8(11)9(5)13-6(2)12;1-6-4-2-3-5-6/h3-4H,1-2H3,(H2,12,13);6H,2-5H2,1H3. The van der Waals surface area contributed by atoms with Gasteiger partial charge in [-0.25, -0.2) is 13.8 Å². The van der Waals surface area contributed by atoms with Crippen LogP contribution in [0.25, 0.3) is 0 Å². The molecule has 0 heterocycles. The van der Waals surface area contributed by atoms with Gasteiger partial charge in [0, 0.05) is 6.07 Å². The van der Waals surface area contributed by atoms with E-state index in [1.54, 1.807) is 13.8 Å². The molecule has 0 unspecified atom stereocenters. The Morgan fingerprint density at radius 2 is 1.84 bits per heavy atom. The van der Waals surface area contributed by atoms with Gasteiger partial charge in [-0.15, -0.1) is 0 Å². The molecule has 0 spiro atoms. The number of nitrogens with zero attached hydrogens (tertiary/aromatic N) is 1. The molecule has 19 heavy (non-hydrogen) atoms. The Morgan fingerprint density at radius 1 is 1.26 bits per heavy atom. The predicted octanol–water partition coefficient (Wildman–Crippen LogP) is 4.48. The molecule has 1 saturated carbocycles. The summed E-state index contributed by atoms with van der Waals surface area (Å²) < 4.78 is 25.7. The Bertz CT molecular complexity index is 422. The van der Waals surface area contributed by atoms with E-state index in [9.17, 15) is 8.78 Å². The molecule has 1 aromatic carbocycles. The highest BCUT2D eigenvalue weighted by Gasteiger charge is 2.07. The molecule has 0 amide bonds. The molecule has 0 bridgehead atoms. The van der Waals surface area contributed by atoms with Gasteiger partial charge in [-0.2, -0.15) is 0 Å². The van der Waals surface area contributed by atoms with E-state index in [-0.39, 0.29) is 11.5 Å². The fourth-order valence-corrected chi connectivity index (χ4v) is 2.14. The Morgan fingerprint density at radius 3 is 2.21 bits per heavy atom. The quantitative estimate of drug-likeness (QED) is 0.592. The number of hydrogen-bond acceptors (Lipinski definition) is 1. The fourth-order valence-electron chi connectivity index (χ4n) is 2.14. The zero-order chi connectivity index (χ0) is 14.4. The van der Waals surface area contributed by atoms with Crippen LogP contribution in [-0.2, 0) is 0 Å². The highest BCUT2D eigenvalue weighted by Crippen LogP contribution is 2.24. The Labute approximate surface area is 113 Å². The van der Waals surface area contributed by atoms with E-state index in [1.165, 1.54) is 31.7 Å². The van der Waals surface area contributed by atoms with Gasteiger partial charge in [0.25, 0.3) is 0 Å². The molecular weight excluding hydrogens is 246 g/mol. The average molecular weight is 268 g/mol. The molecule has 0 radical (unpaired) electrons. The van der Waals surface area contributed by atoms with Gasteiger partial charge in [-0.05, 0) is 31.4 Å². The number of aryl methyl sites for hydroxylation is 1. The van der Waals surface area contributed by atoms with Crippen molar-refractivity contribution in [1.82, 2.24) is 0 Å². The SMILES string of the molecule is CC(N)=Nc1c(C)cc(F)cc1F.CC1CCCC1. The summed E-state index contributed by atoms with van der Waals surface area (Å²) in [4.78, 5) is 3.75. The van der Waals surface area contributed by atoms with Gasteiger partial charge in [0.15, 0.2) is 5.82 Å². The van der Waals surface area contributed by atoms with E-state index < -0.39 is 11.6 Å². The molecule has 2 nitrogen and oxygen atoms in total. The molecule has 2 rings (SSSR count). The number of halogens is 2. The van der Waals surface area contributed by atoms with Crippen LogP contribution in [0.4, 0.5) is 14.5 Å². The van der Waals surface area contributed by atoms with Crippen molar-refractivity contribution in [1.29, 1.82) is 0 Å². The molecule has 106 valence electrons. The van der Waals surface area contributed by atoms with Crippen molar-refractivity contribution in [3.63, 3.8) is 0 Å². The number of amidine groups is 1. The summed E-state index contributed by atoms with van der Waals surface area (Å²) in [5.41, 5.74) is 5.82. The first kappa shape index (κ1) is 15.6. The van der Waals surface area contributed by atoms with Crippen LogP contribution in [-0.4, -0.2) is 5.84 Å². The molecule has 0 saturated heterocycles. The van der Waals surface area contributed by atoms with Gasteiger partial charge in [-0.1, -0.05) is 32.6 Å². The number of aliphatic imine (C=N–C) groups is 1. The molecule has 1 aliphatic rings. The second kappa shape index (κ2) is 7.22. The highest BCUT2D eigenvalue weighted by atomic mass is 19.1. The van der Waals surface area contributed by atoms with E-state index in [2.05, 4.69) is 11.9 Å². The van der Waals surface area contributed by atoms with Gasteiger partial charge < -0.3 is 5.73 Å². The van der Waals surface area contributed by atoms with Crippen molar-refractivity contribution in [3.8, 4) is 0 Å². The number of hydrogen-bond donors (Lipinski definition) is 1. The maximum atomic E-state index is 13.1. The average Bonchev–Trinajstić information content (AvgIpc) is 2.75. The van der Waals surface area contributed by atoms with Crippen LogP contribution in [0.2, 0.25) is 0 Å². The smallest absolute Gasteiger partial charge is 0.152 e. The third-order valence-corrected chi connectivity index (χ3v) is 3.15. The molecular formula is C15H22F2N2. The summed E-state index contributed by atoms with van der Waals surface area (Å²) in [7, 11) is 0.